The summed E-state index contributed by atoms with van der Waals surface area (Å²) in [5, 5.41) is 4.27. The first-order valence-electron chi connectivity index (χ1n) is 11.9. The topological polar surface area (TPSA) is 116 Å². The molecule has 36 heavy (non-hydrogen) atoms. The number of methoxy groups -OCH3 is 1. The number of nitrogens with one attached hydrogen (secondary N) is 1. The van der Waals surface area contributed by atoms with Crippen molar-refractivity contribution in [3.05, 3.63) is 65.9 Å². The fraction of sp³-hybridized carbons (Fsp3) is 0.296. The van der Waals surface area contributed by atoms with Crippen LogP contribution in [0.1, 0.15) is 34.7 Å². The van der Waals surface area contributed by atoms with Crippen molar-refractivity contribution in [3.8, 4) is 16.9 Å². The van der Waals surface area contributed by atoms with Crippen molar-refractivity contribution in [2.75, 3.05) is 44.5 Å². The monoisotopic (exact) mass is 487 g/mol. The molecule has 0 aliphatic carbocycles. The number of carbonyl (C=O) groups excluding carboxylic acids is 1. The van der Waals surface area contributed by atoms with Crippen molar-refractivity contribution in [2.24, 2.45) is 0 Å². The second-order valence-electron chi connectivity index (χ2n) is 8.86. The molecule has 9 heteroatoms. The summed E-state index contributed by atoms with van der Waals surface area (Å²) in [7, 11) is 1.56. The molecule has 3 N–H and O–H groups in total. The van der Waals surface area contributed by atoms with Crippen molar-refractivity contribution in [1.82, 2.24) is 14.9 Å². The van der Waals surface area contributed by atoms with Crippen LogP contribution < -0.4 is 15.8 Å². The number of anilines is 2. The first-order chi connectivity index (χ1) is 17.4. The maximum atomic E-state index is 13.2. The van der Waals surface area contributed by atoms with Crippen LogP contribution in [0.15, 0.2) is 53.3 Å². The molecular formula is C27H29N5O4. The van der Waals surface area contributed by atoms with Crippen LogP contribution in [0.2, 0.25) is 0 Å². The van der Waals surface area contributed by atoms with E-state index in [2.05, 4.69) is 21.4 Å². The van der Waals surface area contributed by atoms with Gasteiger partial charge in [0.25, 0.3) is 5.91 Å². The van der Waals surface area contributed by atoms with Gasteiger partial charge in [-0.05, 0) is 61.4 Å². The van der Waals surface area contributed by atoms with Gasteiger partial charge in [0.1, 0.15) is 17.4 Å². The number of furan rings is 1. The lowest BCUT2D eigenvalue weighted by Crippen LogP contribution is -2.40. The van der Waals surface area contributed by atoms with E-state index in [1.807, 2.05) is 38.1 Å². The molecule has 1 amide bonds. The van der Waals surface area contributed by atoms with Crippen LogP contribution in [-0.4, -0.2) is 54.2 Å². The fourth-order valence-electron chi connectivity index (χ4n) is 4.47. The van der Waals surface area contributed by atoms with Crippen molar-refractivity contribution < 1.29 is 18.7 Å². The smallest absolute Gasteiger partial charge is 0.257 e. The lowest BCUT2D eigenvalue weighted by Gasteiger charge is -2.27. The summed E-state index contributed by atoms with van der Waals surface area (Å²) in [6.07, 6.45) is 3.33. The molecule has 0 saturated carbocycles. The molecule has 3 heterocycles. The van der Waals surface area contributed by atoms with E-state index >= 15 is 0 Å². The Hall–Kier alpha value is -4.11. The predicted molar refractivity (Wildman–Crippen MR) is 138 cm³/mol. The minimum absolute atomic E-state index is 0.0947. The molecule has 1 atom stereocenters. The highest BCUT2D eigenvalue weighted by molar-refractivity contribution is 6.03. The van der Waals surface area contributed by atoms with E-state index in [0.29, 0.717) is 60.5 Å². The maximum Gasteiger partial charge on any atom is 0.257 e. The van der Waals surface area contributed by atoms with Gasteiger partial charge >= 0.3 is 0 Å². The number of hydrogen-bond donors (Lipinski definition) is 2. The summed E-state index contributed by atoms with van der Waals surface area (Å²) in [6, 6.07) is 11.3. The van der Waals surface area contributed by atoms with Gasteiger partial charge in [0.05, 0.1) is 50.0 Å². The van der Waals surface area contributed by atoms with Gasteiger partial charge in [-0.2, -0.15) is 0 Å². The third kappa shape index (κ3) is 4.70. The van der Waals surface area contributed by atoms with Crippen molar-refractivity contribution in [1.29, 1.82) is 0 Å². The van der Waals surface area contributed by atoms with Crippen molar-refractivity contribution >= 4 is 28.3 Å². The molecule has 0 unspecified atom stereocenters. The van der Waals surface area contributed by atoms with E-state index in [9.17, 15) is 4.79 Å². The van der Waals surface area contributed by atoms with Gasteiger partial charge in [0.15, 0.2) is 0 Å². The van der Waals surface area contributed by atoms with E-state index in [1.165, 1.54) is 0 Å². The Morgan fingerprint density at radius 1 is 1.14 bits per heavy atom. The second-order valence-corrected chi connectivity index (χ2v) is 8.86. The number of morpholine rings is 1. The van der Waals surface area contributed by atoms with Gasteiger partial charge in [0, 0.05) is 29.7 Å². The molecule has 0 radical (unpaired) electrons. The molecule has 1 fully saturated rings. The van der Waals surface area contributed by atoms with Crippen molar-refractivity contribution in [2.45, 2.75) is 19.9 Å². The second kappa shape index (κ2) is 9.87. The quantitative estimate of drug-likeness (QED) is 0.384. The first-order valence-corrected chi connectivity index (χ1v) is 11.9. The van der Waals surface area contributed by atoms with Gasteiger partial charge in [0.2, 0.25) is 0 Å². The minimum Gasteiger partial charge on any atom is -0.496 e. The highest BCUT2D eigenvalue weighted by Gasteiger charge is 2.24. The number of carbonyl (C=O) groups is 1. The van der Waals surface area contributed by atoms with Crippen LogP contribution in [0.5, 0.6) is 5.75 Å². The van der Waals surface area contributed by atoms with E-state index < -0.39 is 0 Å². The molecule has 1 aliphatic rings. The van der Waals surface area contributed by atoms with Crippen LogP contribution in [-0.2, 0) is 4.74 Å². The van der Waals surface area contributed by atoms with E-state index in [1.54, 1.807) is 30.6 Å². The number of nitrogens with two attached hydrogens (primary N) is 1. The number of benzene rings is 2. The van der Waals surface area contributed by atoms with Crippen LogP contribution in [0, 0.1) is 6.92 Å². The van der Waals surface area contributed by atoms with E-state index in [-0.39, 0.29) is 11.9 Å². The summed E-state index contributed by atoms with van der Waals surface area (Å²) in [6.45, 7) is 6.04. The largest absolute Gasteiger partial charge is 0.496 e. The molecule has 5 rings (SSSR count). The lowest BCUT2D eigenvalue weighted by atomic mass is 10.0. The summed E-state index contributed by atoms with van der Waals surface area (Å²) >= 11 is 0. The molecule has 1 aliphatic heterocycles. The standard InChI is InChI=1S/C27H29N5O4/c1-16(19-10-20(12-21(28)11-19)18-4-7-36-15-18)29-26-22-14-25(34-3)23(13-24(22)30-17(2)31-26)27(33)32-5-8-35-9-6-32/h4,7,10-16H,5-6,8-9,28H2,1-3H3,(H,29,30,31)/t16-/m1/s1. The van der Waals surface area contributed by atoms with Crippen molar-refractivity contribution in [3.63, 3.8) is 0 Å². The highest BCUT2D eigenvalue weighted by atomic mass is 16.5. The molecule has 9 nitrogen and oxygen atoms in total. The zero-order valence-corrected chi connectivity index (χ0v) is 20.6. The summed E-state index contributed by atoms with van der Waals surface area (Å²) in [5.74, 6) is 1.64. The van der Waals surface area contributed by atoms with Gasteiger partial charge in [-0.1, -0.05) is 0 Å². The Morgan fingerprint density at radius 2 is 1.94 bits per heavy atom. The summed E-state index contributed by atoms with van der Waals surface area (Å²) < 4.78 is 16.2. The van der Waals surface area contributed by atoms with E-state index in [0.717, 1.165) is 22.1 Å². The SMILES string of the molecule is COc1cc2c(N[C@H](C)c3cc(N)cc(-c4ccoc4)c3)nc(C)nc2cc1C(=O)N1CCOCC1. The average molecular weight is 488 g/mol. The molecular weight excluding hydrogens is 458 g/mol. The zero-order chi connectivity index (χ0) is 25.2. The number of aromatic nitrogens is 2. The Labute approximate surface area is 209 Å². The van der Waals surface area contributed by atoms with Crippen LogP contribution in [0.25, 0.3) is 22.0 Å². The van der Waals surface area contributed by atoms with Gasteiger partial charge in [-0.15, -0.1) is 0 Å². The van der Waals surface area contributed by atoms with Gasteiger partial charge in [-0.25, -0.2) is 9.97 Å². The predicted octanol–water partition coefficient (Wildman–Crippen LogP) is 4.43. The number of rotatable bonds is 6. The molecule has 4 aromatic rings. The Balaban J connectivity index is 1.50. The molecule has 0 bridgehead atoms. The number of aryl methyl sites for hydroxylation is 1. The summed E-state index contributed by atoms with van der Waals surface area (Å²) in [5.41, 5.74) is 11.0. The normalized spacial score (nSPS) is 14.6. The molecule has 1 saturated heterocycles. The lowest BCUT2D eigenvalue weighted by molar-refractivity contribution is 0.0301. The number of amides is 1. The fourth-order valence-corrected chi connectivity index (χ4v) is 4.47. The number of nitrogens with zero attached hydrogens (tertiary/aromatic N) is 3. The maximum absolute atomic E-state index is 13.2. The number of fused-ring (bicyclic) bond motifs is 1. The van der Waals surface area contributed by atoms with Crippen LogP contribution >= 0.6 is 0 Å². The number of ether oxygens (including phenoxy) is 2. The Morgan fingerprint density at radius 3 is 2.67 bits per heavy atom. The minimum atomic E-state index is -0.114. The third-order valence-corrected chi connectivity index (χ3v) is 6.34. The number of hydrogen-bond acceptors (Lipinski definition) is 8. The zero-order valence-electron chi connectivity index (χ0n) is 20.6. The van der Waals surface area contributed by atoms with Gasteiger partial charge in [-0.3, -0.25) is 4.79 Å². The summed E-state index contributed by atoms with van der Waals surface area (Å²) in [4.78, 5) is 24.3. The Bertz CT molecular complexity index is 1400. The molecule has 2 aromatic carbocycles. The number of nitrogen functional groups attached to an aromatic ring is 1. The van der Waals surface area contributed by atoms with Crippen LogP contribution in [0.3, 0.4) is 0 Å². The highest BCUT2D eigenvalue weighted by Crippen LogP contribution is 2.33. The molecule has 0 spiro atoms. The van der Waals surface area contributed by atoms with E-state index in [4.69, 9.17) is 19.6 Å². The molecule has 186 valence electrons. The average Bonchev–Trinajstić information content (AvgIpc) is 3.43. The first kappa shape index (κ1) is 23.6. The van der Waals surface area contributed by atoms with Gasteiger partial charge < -0.3 is 29.8 Å². The molecule has 2 aromatic heterocycles. The Kier molecular flexibility index (Phi) is 6.47. The third-order valence-electron chi connectivity index (χ3n) is 6.34. The van der Waals surface area contributed by atoms with Crippen LogP contribution in [0.4, 0.5) is 11.5 Å².